The van der Waals surface area contributed by atoms with E-state index in [1.165, 1.54) is 45.3 Å². The van der Waals surface area contributed by atoms with E-state index >= 15 is 0 Å². The average molecular weight is 198 g/mol. The van der Waals surface area contributed by atoms with Crippen molar-refractivity contribution in [2.75, 3.05) is 19.6 Å². The van der Waals surface area contributed by atoms with Crippen molar-refractivity contribution in [3.05, 3.63) is 0 Å². The molecule has 1 aliphatic rings. The van der Waals surface area contributed by atoms with Gasteiger partial charge in [0.15, 0.2) is 0 Å². The third kappa shape index (κ3) is 3.58. The molecule has 0 bridgehead atoms. The minimum atomic E-state index is 0.748. The molecule has 84 valence electrons. The minimum Gasteiger partial charge on any atom is -0.313 e. The molecule has 2 heteroatoms. The molecule has 1 fully saturated rings. The van der Waals surface area contributed by atoms with Gasteiger partial charge in [-0.25, -0.2) is 0 Å². The van der Waals surface area contributed by atoms with E-state index in [-0.39, 0.29) is 0 Å². The SMILES string of the molecule is CCCN(CC1CCCN1)C(C)CC. The lowest BCUT2D eigenvalue weighted by Crippen LogP contribution is -2.42. The molecule has 0 radical (unpaired) electrons. The van der Waals surface area contributed by atoms with Crippen LogP contribution >= 0.6 is 0 Å². The van der Waals surface area contributed by atoms with Crippen molar-refractivity contribution < 1.29 is 0 Å². The van der Waals surface area contributed by atoms with Gasteiger partial charge in [0.2, 0.25) is 0 Å². The summed E-state index contributed by atoms with van der Waals surface area (Å²) >= 11 is 0. The molecule has 1 N–H and O–H groups in total. The summed E-state index contributed by atoms with van der Waals surface area (Å²) in [7, 11) is 0. The second-order valence-electron chi connectivity index (χ2n) is 4.55. The van der Waals surface area contributed by atoms with E-state index in [2.05, 4.69) is 31.0 Å². The van der Waals surface area contributed by atoms with E-state index in [1.54, 1.807) is 0 Å². The third-order valence-corrected chi connectivity index (χ3v) is 3.34. The van der Waals surface area contributed by atoms with E-state index in [0.717, 1.165) is 12.1 Å². The Bertz CT molecular complexity index is 141. The number of rotatable bonds is 6. The van der Waals surface area contributed by atoms with Gasteiger partial charge in [-0.15, -0.1) is 0 Å². The normalized spacial score (nSPS) is 24.4. The standard InChI is InChI=1S/C12H26N2/c1-4-9-14(11(3)5-2)10-12-7-6-8-13-12/h11-13H,4-10H2,1-3H3. The van der Waals surface area contributed by atoms with Gasteiger partial charge in [0.1, 0.15) is 0 Å². The molecule has 0 aromatic rings. The molecule has 0 saturated carbocycles. The average Bonchev–Trinajstić information content (AvgIpc) is 2.68. The van der Waals surface area contributed by atoms with E-state index in [9.17, 15) is 0 Å². The Morgan fingerprint density at radius 1 is 1.43 bits per heavy atom. The van der Waals surface area contributed by atoms with Crippen LogP contribution in [-0.4, -0.2) is 36.6 Å². The summed E-state index contributed by atoms with van der Waals surface area (Å²) in [6, 6.07) is 1.51. The zero-order chi connectivity index (χ0) is 10.4. The van der Waals surface area contributed by atoms with E-state index in [4.69, 9.17) is 0 Å². The predicted molar refractivity (Wildman–Crippen MR) is 62.6 cm³/mol. The van der Waals surface area contributed by atoms with Gasteiger partial charge < -0.3 is 5.32 Å². The number of hydrogen-bond donors (Lipinski definition) is 1. The van der Waals surface area contributed by atoms with Crippen molar-refractivity contribution in [1.82, 2.24) is 10.2 Å². The fourth-order valence-electron chi connectivity index (χ4n) is 2.23. The summed E-state index contributed by atoms with van der Waals surface area (Å²) in [6.45, 7) is 10.7. The zero-order valence-electron chi connectivity index (χ0n) is 10.1. The van der Waals surface area contributed by atoms with Gasteiger partial charge in [0.05, 0.1) is 0 Å². The first-order valence-electron chi connectivity index (χ1n) is 6.25. The monoisotopic (exact) mass is 198 g/mol. The quantitative estimate of drug-likeness (QED) is 0.704. The molecule has 0 aliphatic carbocycles. The summed E-state index contributed by atoms with van der Waals surface area (Å²) in [5.74, 6) is 0. The van der Waals surface area contributed by atoms with Crippen LogP contribution in [0.4, 0.5) is 0 Å². The van der Waals surface area contributed by atoms with Gasteiger partial charge in [-0.05, 0) is 45.7 Å². The number of nitrogens with one attached hydrogen (secondary N) is 1. The van der Waals surface area contributed by atoms with Gasteiger partial charge >= 0.3 is 0 Å². The number of hydrogen-bond acceptors (Lipinski definition) is 2. The molecular formula is C12H26N2. The zero-order valence-corrected chi connectivity index (χ0v) is 10.1. The van der Waals surface area contributed by atoms with Crippen LogP contribution in [-0.2, 0) is 0 Å². The molecular weight excluding hydrogens is 172 g/mol. The molecule has 14 heavy (non-hydrogen) atoms. The van der Waals surface area contributed by atoms with Crippen LogP contribution in [0, 0.1) is 0 Å². The first-order chi connectivity index (χ1) is 6.77. The molecule has 1 heterocycles. The van der Waals surface area contributed by atoms with Crippen LogP contribution in [0.15, 0.2) is 0 Å². The summed E-state index contributed by atoms with van der Waals surface area (Å²) < 4.78 is 0. The van der Waals surface area contributed by atoms with Gasteiger partial charge in [-0.1, -0.05) is 13.8 Å². The van der Waals surface area contributed by atoms with E-state index in [0.29, 0.717) is 0 Å². The van der Waals surface area contributed by atoms with Crippen molar-refractivity contribution in [3.8, 4) is 0 Å². The van der Waals surface area contributed by atoms with E-state index < -0.39 is 0 Å². The third-order valence-electron chi connectivity index (χ3n) is 3.34. The first-order valence-corrected chi connectivity index (χ1v) is 6.25. The van der Waals surface area contributed by atoms with Crippen LogP contribution in [0.5, 0.6) is 0 Å². The predicted octanol–water partition coefficient (Wildman–Crippen LogP) is 2.25. The smallest absolute Gasteiger partial charge is 0.0195 e. The highest BCUT2D eigenvalue weighted by Crippen LogP contribution is 2.11. The molecule has 1 aliphatic heterocycles. The van der Waals surface area contributed by atoms with Crippen LogP contribution in [0.2, 0.25) is 0 Å². The molecule has 0 amide bonds. The summed E-state index contributed by atoms with van der Waals surface area (Å²) in [5.41, 5.74) is 0. The topological polar surface area (TPSA) is 15.3 Å². The van der Waals surface area contributed by atoms with Crippen molar-refractivity contribution in [1.29, 1.82) is 0 Å². The Balaban J connectivity index is 2.33. The Labute approximate surface area is 89.1 Å². The minimum absolute atomic E-state index is 0.748. The molecule has 2 nitrogen and oxygen atoms in total. The van der Waals surface area contributed by atoms with Gasteiger partial charge in [-0.2, -0.15) is 0 Å². The van der Waals surface area contributed by atoms with Crippen molar-refractivity contribution in [3.63, 3.8) is 0 Å². The summed E-state index contributed by atoms with van der Waals surface area (Å²) in [6.07, 6.45) is 5.28. The molecule has 0 spiro atoms. The van der Waals surface area contributed by atoms with Crippen LogP contribution in [0.25, 0.3) is 0 Å². The highest BCUT2D eigenvalue weighted by atomic mass is 15.2. The highest BCUT2D eigenvalue weighted by molar-refractivity contribution is 4.79. The lowest BCUT2D eigenvalue weighted by atomic mass is 10.1. The largest absolute Gasteiger partial charge is 0.313 e. The molecule has 1 saturated heterocycles. The van der Waals surface area contributed by atoms with Crippen LogP contribution < -0.4 is 5.32 Å². The molecule has 1 rings (SSSR count). The molecule has 0 aromatic heterocycles. The van der Waals surface area contributed by atoms with E-state index in [1.807, 2.05) is 0 Å². The Morgan fingerprint density at radius 2 is 2.21 bits per heavy atom. The maximum absolute atomic E-state index is 3.58. The van der Waals surface area contributed by atoms with Crippen molar-refractivity contribution in [2.45, 2.75) is 58.5 Å². The van der Waals surface area contributed by atoms with Crippen molar-refractivity contribution in [2.24, 2.45) is 0 Å². The maximum atomic E-state index is 3.58. The Morgan fingerprint density at radius 3 is 2.71 bits per heavy atom. The number of nitrogens with zero attached hydrogens (tertiary/aromatic N) is 1. The van der Waals surface area contributed by atoms with Crippen LogP contribution in [0.1, 0.15) is 46.5 Å². The molecule has 0 aromatic carbocycles. The van der Waals surface area contributed by atoms with Crippen LogP contribution in [0.3, 0.4) is 0 Å². The van der Waals surface area contributed by atoms with Gasteiger partial charge in [-0.3, -0.25) is 4.90 Å². The van der Waals surface area contributed by atoms with Gasteiger partial charge in [0, 0.05) is 18.6 Å². The highest BCUT2D eigenvalue weighted by Gasteiger charge is 2.19. The Kier molecular flexibility index (Phi) is 5.49. The first kappa shape index (κ1) is 12.0. The lowest BCUT2D eigenvalue weighted by molar-refractivity contribution is 0.187. The second-order valence-corrected chi connectivity index (χ2v) is 4.55. The lowest BCUT2D eigenvalue weighted by Gasteiger charge is -2.30. The fourth-order valence-corrected chi connectivity index (χ4v) is 2.23. The Hall–Kier alpha value is -0.0800. The maximum Gasteiger partial charge on any atom is 0.0195 e. The molecule has 2 unspecified atom stereocenters. The van der Waals surface area contributed by atoms with Crippen molar-refractivity contribution >= 4 is 0 Å². The fraction of sp³-hybridized carbons (Fsp3) is 1.00. The summed E-state index contributed by atoms with van der Waals surface area (Å²) in [4.78, 5) is 2.64. The molecule has 2 atom stereocenters. The summed E-state index contributed by atoms with van der Waals surface area (Å²) in [5, 5.41) is 3.58. The second kappa shape index (κ2) is 6.41. The van der Waals surface area contributed by atoms with Gasteiger partial charge in [0.25, 0.3) is 0 Å².